The fraction of sp³-hybridized carbons (Fsp3) is 0.188. The van der Waals surface area contributed by atoms with Crippen LogP contribution in [0.5, 0.6) is 5.75 Å². The Hall–Kier alpha value is -1.43. The molecule has 0 aliphatic carbocycles. The molecular weight excluding hydrogens is 350 g/mol. The van der Waals surface area contributed by atoms with Crippen LogP contribution >= 0.6 is 28.1 Å². The molecule has 0 heterocycles. The highest BCUT2D eigenvalue weighted by Gasteiger charge is 2.06. The van der Waals surface area contributed by atoms with Crippen molar-refractivity contribution in [3.8, 4) is 5.75 Å². The predicted octanol–water partition coefficient (Wildman–Crippen LogP) is 3.81. The third kappa shape index (κ3) is 4.52. The first-order chi connectivity index (χ1) is 10.1. The molecule has 0 spiro atoms. The summed E-state index contributed by atoms with van der Waals surface area (Å²) in [5.74, 6) is 0.768. The molecular formula is C16H16BrNO2S. The van der Waals surface area contributed by atoms with Gasteiger partial charge in [-0.1, -0.05) is 40.3 Å². The molecule has 0 bridgehead atoms. The summed E-state index contributed by atoms with van der Waals surface area (Å²) in [5.41, 5.74) is 8.50. The van der Waals surface area contributed by atoms with Crippen LogP contribution in [0.2, 0.25) is 0 Å². The van der Waals surface area contributed by atoms with Gasteiger partial charge in [0, 0.05) is 15.6 Å². The zero-order chi connectivity index (χ0) is 15.2. The van der Waals surface area contributed by atoms with Crippen molar-refractivity contribution in [3.63, 3.8) is 0 Å². The fourth-order valence-corrected chi connectivity index (χ4v) is 2.52. The van der Waals surface area contributed by atoms with E-state index in [1.807, 2.05) is 42.5 Å². The van der Waals surface area contributed by atoms with Gasteiger partial charge < -0.3 is 15.2 Å². The van der Waals surface area contributed by atoms with E-state index in [9.17, 15) is 0 Å². The highest BCUT2D eigenvalue weighted by atomic mass is 79.9. The van der Waals surface area contributed by atoms with Gasteiger partial charge in [-0.05, 0) is 35.9 Å². The Morgan fingerprint density at radius 1 is 1.19 bits per heavy atom. The minimum atomic E-state index is 0.367. The SMILES string of the molecule is COc1ccc(C(N)=S)cc1COCc1cccc(Br)c1. The standard InChI is InChI=1S/C16H16BrNO2S/c1-19-15-6-5-12(16(18)21)8-13(15)10-20-9-11-3-2-4-14(17)7-11/h2-8H,9-10H2,1H3,(H2,18,21). The normalized spacial score (nSPS) is 10.4. The van der Waals surface area contributed by atoms with E-state index >= 15 is 0 Å². The van der Waals surface area contributed by atoms with E-state index in [2.05, 4.69) is 15.9 Å². The van der Waals surface area contributed by atoms with Crippen LogP contribution in [0.4, 0.5) is 0 Å². The molecule has 110 valence electrons. The molecule has 2 rings (SSSR count). The number of thiocarbonyl (C=S) groups is 1. The van der Waals surface area contributed by atoms with E-state index in [0.29, 0.717) is 18.2 Å². The highest BCUT2D eigenvalue weighted by molar-refractivity contribution is 9.10. The maximum atomic E-state index is 5.75. The van der Waals surface area contributed by atoms with Crippen molar-refractivity contribution in [2.24, 2.45) is 5.73 Å². The second-order valence-corrected chi connectivity index (χ2v) is 5.87. The molecule has 0 saturated carbocycles. The van der Waals surface area contributed by atoms with Gasteiger partial charge in [0.25, 0.3) is 0 Å². The number of hydrogen-bond acceptors (Lipinski definition) is 3. The molecule has 0 amide bonds. The zero-order valence-corrected chi connectivity index (χ0v) is 14.0. The molecule has 3 nitrogen and oxygen atoms in total. The number of methoxy groups -OCH3 is 1. The van der Waals surface area contributed by atoms with Gasteiger partial charge in [0.05, 0.1) is 20.3 Å². The third-order valence-corrected chi connectivity index (χ3v) is 3.71. The van der Waals surface area contributed by atoms with Crippen molar-refractivity contribution in [1.82, 2.24) is 0 Å². The Balaban J connectivity index is 2.05. The van der Waals surface area contributed by atoms with E-state index < -0.39 is 0 Å². The van der Waals surface area contributed by atoms with Crippen molar-refractivity contribution < 1.29 is 9.47 Å². The molecule has 21 heavy (non-hydrogen) atoms. The molecule has 0 unspecified atom stereocenters. The van der Waals surface area contributed by atoms with Gasteiger partial charge in [-0.25, -0.2) is 0 Å². The van der Waals surface area contributed by atoms with Crippen LogP contribution in [0.3, 0.4) is 0 Å². The summed E-state index contributed by atoms with van der Waals surface area (Å²) in [6, 6.07) is 13.6. The Morgan fingerprint density at radius 2 is 2.00 bits per heavy atom. The van der Waals surface area contributed by atoms with E-state index in [1.54, 1.807) is 7.11 Å². The molecule has 5 heteroatoms. The summed E-state index contributed by atoms with van der Waals surface area (Å²) >= 11 is 8.44. The molecule has 0 radical (unpaired) electrons. The average Bonchev–Trinajstić information content (AvgIpc) is 2.47. The summed E-state index contributed by atoms with van der Waals surface area (Å²) in [6.07, 6.45) is 0. The fourth-order valence-electron chi connectivity index (χ4n) is 1.95. The van der Waals surface area contributed by atoms with Gasteiger partial charge >= 0.3 is 0 Å². The number of halogens is 1. The molecule has 2 aromatic rings. The van der Waals surface area contributed by atoms with Crippen molar-refractivity contribution in [2.45, 2.75) is 13.2 Å². The first-order valence-corrected chi connectivity index (χ1v) is 7.59. The Kier molecular flexibility index (Phi) is 5.73. The molecule has 0 atom stereocenters. The maximum Gasteiger partial charge on any atom is 0.124 e. The number of nitrogens with two attached hydrogens (primary N) is 1. The van der Waals surface area contributed by atoms with Gasteiger partial charge in [0.15, 0.2) is 0 Å². The number of ether oxygens (including phenoxy) is 2. The Labute approximate surface area is 138 Å². The number of benzene rings is 2. The highest BCUT2D eigenvalue weighted by Crippen LogP contribution is 2.21. The maximum absolute atomic E-state index is 5.75. The van der Waals surface area contributed by atoms with Crippen LogP contribution in [0, 0.1) is 0 Å². The van der Waals surface area contributed by atoms with Crippen LogP contribution in [-0.2, 0) is 18.0 Å². The second-order valence-electron chi connectivity index (χ2n) is 4.51. The van der Waals surface area contributed by atoms with Crippen LogP contribution in [0.1, 0.15) is 16.7 Å². The van der Waals surface area contributed by atoms with Gasteiger partial charge in [0.2, 0.25) is 0 Å². The lowest BCUT2D eigenvalue weighted by Crippen LogP contribution is -2.10. The van der Waals surface area contributed by atoms with E-state index in [-0.39, 0.29) is 0 Å². The molecule has 0 aromatic heterocycles. The van der Waals surface area contributed by atoms with Gasteiger partial charge in [0.1, 0.15) is 10.7 Å². The van der Waals surface area contributed by atoms with Crippen LogP contribution in [0.25, 0.3) is 0 Å². The molecule has 0 aliphatic rings. The van der Waals surface area contributed by atoms with Crippen LogP contribution < -0.4 is 10.5 Å². The van der Waals surface area contributed by atoms with Gasteiger partial charge in [-0.2, -0.15) is 0 Å². The van der Waals surface area contributed by atoms with Crippen molar-refractivity contribution in [2.75, 3.05) is 7.11 Å². The minimum Gasteiger partial charge on any atom is -0.496 e. The molecule has 2 aromatic carbocycles. The van der Waals surface area contributed by atoms with Crippen LogP contribution in [-0.4, -0.2) is 12.1 Å². The second kappa shape index (κ2) is 7.54. The van der Waals surface area contributed by atoms with Crippen molar-refractivity contribution in [3.05, 3.63) is 63.6 Å². The molecule has 0 aliphatic heterocycles. The first kappa shape index (κ1) is 15.9. The monoisotopic (exact) mass is 365 g/mol. The number of hydrogen-bond donors (Lipinski definition) is 1. The predicted molar refractivity (Wildman–Crippen MR) is 91.5 cm³/mol. The van der Waals surface area contributed by atoms with E-state index in [0.717, 1.165) is 26.9 Å². The van der Waals surface area contributed by atoms with Crippen molar-refractivity contribution in [1.29, 1.82) is 0 Å². The van der Waals surface area contributed by atoms with Crippen LogP contribution in [0.15, 0.2) is 46.9 Å². The summed E-state index contributed by atoms with van der Waals surface area (Å²) in [5, 5.41) is 0. The first-order valence-electron chi connectivity index (χ1n) is 6.39. The van der Waals surface area contributed by atoms with Gasteiger partial charge in [-0.3, -0.25) is 0 Å². The van der Waals surface area contributed by atoms with Gasteiger partial charge in [-0.15, -0.1) is 0 Å². The smallest absolute Gasteiger partial charge is 0.124 e. The summed E-state index contributed by atoms with van der Waals surface area (Å²) in [4.78, 5) is 0.367. The molecule has 2 N–H and O–H groups in total. The molecule has 0 fully saturated rings. The summed E-state index contributed by atoms with van der Waals surface area (Å²) in [7, 11) is 1.63. The Bertz CT molecular complexity index is 646. The lowest BCUT2D eigenvalue weighted by Gasteiger charge is -2.11. The molecule has 0 saturated heterocycles. The zero-order valence-electron chi connectivity index (χ0n) is 11.6. The number of rotatable bonds is 6. The lowest BCUT2D eigenvalue weighted by atomic mass is 10.1. The quantitative estimate of drug-likeness (QED) is 0.790. The third-order valence-electron chi connectivity index (χ3n) is 2.98. The average molecular weight is 366 g/mol. The Morgan fingerprint density at radius 3 is 2.67 bits per heavy atom. The summed E-state index contributed by atoms with van der Waals surface area (Å²) in [6.45, 7) is 0.964. The summed E-state index contributed by atoms with van der Waals surface area (Å²) < 4.78 is 12.1. The van der Waals surface area contributed by atoms with Crippen molar-refractivity contribution >= 4 is 33.1 Å². The van der Waals surface area contributed by atoms with E-state index in [4.69, 9.17) is 27.4 Å². The van der Waals surface area contributed by atoms with E-state index in [1.165, 1.54) is 0 Å². The minimum absolute atomic E-state index is 0.367. The lowest BCUT2D eigenvalue weighted by molar-refractivity contribution is 0.105. The largest absolute Gasteiger partial charge is 0.496 e. The topological polar surface area (TPSA) is 44.5 Å².